The van der Waals surface area contributed by atoms with Crippen LogP contribution < -0.4 is 4.72 Å². The summed E-state index contributed by atoms with van der Waals surface area (Å²) in [7, 11) is -3.67. The van der Waals surface area contributed by atoms with Crippen molar-refractivity contribution in [3.8, 4) is 0 Å². The van der Waals surface area contributed by atoms with Crippen molar-refractivity contribution >= 4 is 32.5 Å². The number of carbonyl (C=O) groups is 1. The Morgan fingerprint density at radius 3 is 2.55 bits per heavy atom. The van der Waals surface area contributed by atoms with Crippen LogP contribution in [0.15, 0.2) is 35.4 Å². The first-order valence-corrected chi connectivity index (χ1v) is 7.84. The average molecular weight is 313 g/mol. The maximum atomic E-state index is 12.0. The highest BCUT2D eigenvalue weighted by molar-refractivity contribution is 7.93. The van der Waals surface area contributed by atoms with Crippen molar-refractivity contribution in [3.05, 3.63) is 36.0 Å². The number of rotatable bonds is 6. The first-order valence-electron chi connectivity index (χ1n) is 5.58. The molecular formula is C11H11N3O4S2. The summed E-state index contributed by atoms with van der Waals surface area (Å²) in [6.45, 7) is 0. The van der Waals surface area contributed by atoms with Crippen molar-refractivity contribution in [3.63, 3.8) is 0 Å². The van der Waals surface area contributed by atoms with E-state index in [1.807, 2.05) is 0 Å². The minimum Gasteiger partial charge on any atom is -0.481 e. The van der Waals surface area contributed by atoms with E-state index < -0.39 is 16.0 Å². The molecule has 0 atom stereocenters. The Kier molecular flexibility index (Phi) is 4.30. The fraction of sp³-hybridized carbons (Fsp3) is 0.182. The molecule has 0 saturated heterocycles. The van der Waals surface area contributed by atoms with Gasteiger partial charge in [0.25, 0.3) is 10.0 Å². The number of aromatic nitrogens is 2. The quantitative estimate of drug-likeness (QED) is 0.833. The van der Waals surface area contributed by atoms with Gasteiger partial charge in [-0.2, -0.15) is 0 Å². The number of nitrogens with one attached hydrogen (secondary N) is 1. The molecule has 0 radical (unpaired) electrons. The second-order valence-corrected chi connectivity index (χ2v) is 6.39. The van der Waals surface area contributed by atoms with Crippen molar-refractivity contribution in [1.29, 1.82) is 0 Å². The summed E-state index contributed by atoms with van der Waals surface area (Å²) in [6, 6.07) is 6.08. The molecule has 1 aromatic carbocycles. The van der Waals surface area contributed by atoms with Gasteiger partial charge in [-0.15, -0.1) is 5.10 Å². The molecule has 2 N–H and O–H groups in total. The molecule has 1 heterocycles. The molecule has 7 nitrogen and oxygen atoms in total. The number of aryl methyl sites for hydroxylation is 1. The van der Waals surface area contributed by atoms with Gasteiger partial charge < -0.3 is 5.11 Å². The molecule has 0 amide bonds. The van der Waals surface area contributed by atoms with Gasteiger partial charge in [-0.3, -0.25) is 9.52 Å². The molecule has 2 rings (SSSR count). The lowest BCUT2D eigenvalue weighted by Gasteiger charge is -2.06. The molecule has 0 fully saturated rings. The third kappa shape index (κ3) is 3.75. The van der Waals surface area contributed by atoms with E-state index in [-0.39, 0.29) is 11.3 Å². The highest BCUT2D eigenvalue weighted by Crippen LogP contribution is 2.18. The van der Waals surface area contributed by atoms with Crippen LogP contribution in [0, 0.1) is 0 Å². The van der Waals surface area contributed by atoms with Gasteiger partial charge in [-0.25, -0.2) is 8.42 Å². The maximum absolute atomic E-state index is 12.0. The number of benzene rings is 1. The zero-order valence-electron chi connectivity index (χ0n) is 10.2. The third-order valence-corrected chi connectivity index (χ3v) is 4.55. The molecule has 0 bridgehead atoms. The van der Waals surface area contributed by atoms with Crippen LogP contribution in [0.3, 0.4) is 0 Å². The second-order valence-electron chi connectivity index (χ2n) is 3.92. The van der Waals surface area contributed by atoms with Gasteiger partial charge in [-0.05, 0) is 24.1 Å². The highest BCUT2D eigenvalue weighted by atomic mass is 32.2. The molecule has 1 aromatic heterocycles. The molecule has 0 unspecified atom stereocenters. The van der Waals surface area contributed by atoms with Crippen LogP contribution in [-0.4, -0.2) is 29.1 Å². The Labute approximate surface area is 119 Å². The van der Waals surface area contributed by atoms with E-state index in [2.05, 4.69) is 14.3 Å². The summed E-state index contributed by atoms with van der Waals surface area (Å²) < 4.78 is 30.0. The largest absolute Gasteiger partial charge is 0.481 e. The summed E-state index contributed by atoms with van der Waals surface area (Å²) in [5, 5.41) is 12.5. The minimum absolute atomic E-state index is 0.0108. The zero-order chi connectivity index (χ0) is 14.6. The third-order valence-electron chi connectivity index (χ3n) is 2.46. The average Bonchev–Trinajstić information content (AvgIpc) is 2.89. The number of sulfonamides is 1. The molecule has 106 valence electrons. The van der Waals surface area contributed by atoms with Gasteiger partial charge in [0, 0.05) is 18.0 Å². The van der Waals surface area contributed by atoms with Crippen LogP contribution in [0.25, 0.3) is 0 Å². The zero-order valence-corrected chi connectivity index (χ0v) is 11.8. The Balaban J connectivity index is 2.10. The monoisotopic (exact) mass is 313 g/mol. The lowest BCUT2D eigenvalue weighted by atomic mass is 10.1. The minimum atomic E-state index is -3.67. The van der Waals surface area contributed by atoms with Crippen molar-refractivity contribution in [2.24, 2.45) is 0 Å². The number of hydrogen-bond donors (Lipinski definition) is 2. The molecule has 2 aromatic rings. The number of hydrogen-bond acceptors (Lipinski definition) is 6. The van der Waals surface area contributed by atoms with E-state index in [1.165, 1.54) is 18.3 Å². The van der Waals surface area contributed by atoms with E-state index >= 15 is 0 Å². The maximum Gasteiger partial charge on any atom is 0.303 e. The van der Waals surface area contributed by atoms with Crippen LogP contribution in [0.4, 0.5) is 5.00 Å². The van der Waals surface area contributed by atoms with Crippen LogP contribution in [0.5, 0.6) is 0 Å². The van der Waals surface area contributed by atoms with E-state index in [0.29, 0.717) is 11.4 Å². The molecule has 0 aliphatic rings. The normalized spacial score (nSPS) is 11.2. The SMILES string of the molecule is O=C(O)CCc1ccc(S(=O)(=O)Nc2cnns2)cc1. The van der Waals surface area contributed by atoms with Crippen molar-refractivity contribution in [2.45, 2.75) is 17.7 Å². The molecule has 0 aliphatic carbocycles. The lowest BCUT2D eigenvalue weighted by Crippen LogP contribution is -2.12. The molecular weight excluding hydrogens is 302 g/mol. The second kappa shape index (κ2) is 5.97. The van der Waals surface area contributed by atoms with E-state index in [4.69, 9.17) is 5.11 Å². The van der Waals surface area contributed by atoms with Gasteiger partial charge in [0.05, 0.1) is 11.1 Å². The fourth-order valence-electron chi connectivity index (χ4n) is 1.49. The van der Waals surface area contributed by atoms with Crippen molar-refractivity contribution in [2.75, 3.05) is 4.72 Å². The Hall–Kier alpha value is -2.00. The van der Waals surface area contributed by atoms with Crippen LogP contribution in [0.2, 0.25) is 0 Å². The molecule has 20 heavy (non-hydrogen) atoms. The topological polar surface area (TPSA) is 109 Å². The van der Waals surface area contributed by atoms with Gasteiger partial charge in [-0.1, -0.05) is 16.6 Å². The van der Waals surface area contributed by atoms with Gasteiger partial charge in [0.15, 0.2) is 0 Å². The van der Waals surface area contributed by atoms with Gasteiger partial charge in [0.1, 0.15) is 5.00 Å². The summed E-state index contributed by atoms with van der Waals surface area (Å²) in [5.41, 5.74) is 0.769. The smallest absolute Gasteiger partial charge is 0.303 e. The standard InChI is InChI=1S/C11H11N3O4S2/c15-11(16)6-3-8-1-4-9(5-2-8)20(17,18)13-10-7-12-14-19-10/h1-2,4-5,7,13H,3,6H2,(H,15,16). The summed E-state index contributed by atoms with van der Waals surface area (Å²) >= 11 is 0.942. The number of anilines is 1. The first kappa shape index (κ1) is 14.4. The van der Waals surface area contributed by atoms with Gasteiger partial charge >= 0.3 is 5.97 Å². The van der Waals surface area contributed by atoms with E-state index in [1.54, 1.807) is 12.1 Å². The summed E-state index contributed by atoms with van der Waals surface area (Å²) in [5.74, 6) is -0.888. The molecule has 9 heteroatoms. The number of carboxylic acid groups (broad SMARTS) is 1. The van der Waals surface area contributed by atoms with Crippen LogP contribution in [0.1, 0.15) is 12.0 Å². The highest BCUT2D eigenvalue weighted by Gasteiger charge is 2.15. The lowest BCUT2D eigenvalue weighted by molar-refractivity contribution is -0.136. The molecule has 0 aliphatic heterocycles. The number of nitrogens with zero attached hydrogens (tertiary/aromatic N) is 2. The van der Waals surface area contributed by atoms with Crippen molar-refractivity contribution < 1.29 is 18.3 Å². The summed E-state index contributed by atoms with van der Waals surface area (Å²) in [6.07, 6.45) is 1.70. The summed E-state index contributed by atoms with van der Waals surface area (Å²) in [4.78, 5) is 10.6. The van der Waals surface area contributed by atoms with Crippen LogP contribution in [-0.2, 0) is 21.2 Å². The van der Waals surface area contributed by atoms with Crippen molar-refractivity contribution in [1.82, 2.24) is 9.59 Å². The van der Waals surface area contributed by atoms with Gasteiger partial charge in [0.2, 0.25) is 0 Å². The number of aliphatic carboxylic acids is 1. The fourth-order valence-corrected chi connectivity index (χ4v) is 3.17. The number of carboxylic acids is 1. The van der Waals surface area contributed by atoms with Crippen LogP contribution >= 0.6 is 11.5 Å². The van der Waals surface area contributed by atoms with E-state index in [9.17, 15) is 13.2 Å². The Morgan fingerprint density at radius 2 is 2.00 bits per heavy atom. The van der Waals surface area contributed by atoms with E-state index in [0.717, 1.165) is 17.1 Å². The first-order chi connectivity index (χ1) is 9.47. The molecule has 0 spiro atoms. The Morgan fingerprint density at radius 1 is 1.30 bits per heavy atom. The Bertz CT molecular complexity index is 681. The predicted molar refractivity (Wildman–Crippen MR) is 73.1 cm³/mol. The molecule has 0 saturated carbocycles. The predicted octanol–water partition coefficient (Wildman–Crippen LogP) is 1.36.